The van der Waals surface area contributed by atoms with E-state index in [4.69, 9.17) is 5.26 Å². The van der Waals surface area contributed by atoms with Crippen LogP contribution in [0.15, 0.2) is 48.5 Å². The Hall–Kier alpha value is -3.13. The van der Waals surface area contributed by atoms with Crippen molar-refractivity contribution in [3.05, 3.63) is 65.2 Å². The topological polar surface area (TPSA) is 73.2 Å². The van der Waals surface area contributed by atoms with Gasteiger partial charge in [0.15, 0.2) is 0 Å². The van der Waals surface area contributed by atoms with Crippen molar-refractivity contribution in [2.45, 2.75) is 25.8 Å². The average molecular weight is 333 g/mol. The summed E-state index contributed by atoms with van der Waals surface area (Å²) in [5.74, 6) is -0.440. The molecule has 0 unspecified atom stereocenters. The fourth-order valence-electron chi connectivity index (χ4n) is 3.03. The van der Waals surface area contributed by atoms with Crippen molar-refractivity contribution in [1.29, 1.82) is 5.26 Å². The number of amides is 2. The zero-order valence-corrected chi connectivity index (χ0v) is 14.0. The molecule has 1 aliphatic rings. The summed E-state index contributed by atoms with van der Waals surface area (Å²) in [7, 11) is 0. The van der Waals surface area contributed by atoms with E-state index in [1.165, 1.54) is 0 Å². The van der Waals surface area contributed by atoms with Gasteiger partial charge in [-0.25, -0.2) is 0 Å². The summed E-state index contributed by atoms with van der Waals surface area (Å²) in [5.41, 5.74) is 3.01. The van der Waals surface area contributed by atoms with Gasteiger partial charge in [-0.15, -0.1) is 0 Å². The number of carbonyl (C=O) groups excluding carboxylic acids is 2. The number of hydrogen-bond donors (Lipinski definition) is 1. The first-order valence-corrected chi connectivity index (χ1v) is 8.30. The monoisotopic (exact) mass is 333 g/mol. The van der Waals surface area contributed by atoms with Crippen LogP contribution in [0.3, 0.4) is 0 Å². The lowest BCUT2D eigenvalue weighted by Crippen LogP contribution is -2.48. The average Bonchev–Trinajstić information content (AvgIpc) is 2.67. The van der Waals surface area contributed by atoms with Gasteiger partial charge in [-0.05, 0) is 55.7 Å². The largest absolute Gasteiger partial charge is 0.341 e. The van der Waals surface area contributed by atoms with Crippen LogP contribution >= 0.6 is 0 Å². The molecule has 0 saturated heterocycles. The fourth-order valence-corrected chi connectivity index (χ4v) is 3.03. The van der Waals surface area contributed by atoms with Crippen LogP contribution < -0.4 is 10.2 Å². The molecular weight excluding hydrogens is 314 g/mol. The van der Waals surface area contributed by atoms with Crippen molar-refractivity contribution in [1.82, 2.24) is 5.32 Å². The Labute approximate surface area is 146 Å². The van der Waals surface area contributed by atoms with Crippen LogP contribution in [0.25, 0.3) is 0 Å². The summed E-state index contributed by atoms with van der Waals surface area (Å²) in [5, 5.41) is 11.6. The van der Waals surface area contributed by atoms with E-state index >= 15 is 0 Å². The SMILES string of the molecule is C[C@@H](NC(=O)c1ccc(C#N)cc1)C(=O)N1CCCc2ccccc21. The van der Waals surface area contributed by atoms with E-state index in [0.29, 0.717) is 17.7 Å². The number of nitriles is 1. The van der Waals surface area contributed by atoms with Gasteiger partial charge in [-0.1, -0.05) is 18.2 Å². The van der Waals surface area contributed by atoms with Gasteiger partial charge >= 0.3 is 0 Å². The number of nitrogens with one attached hydrogen (secondary N) is 1. The third kappa shape index (κ3) is 3.53. The first kappa shape index (κ1) is 16.7. The Kier molecular flexibility index (Phi) is 4.80. The van der Waals surface area contributed by atoms with Gasteiger partial charge in [0.05, 0.1) is 11.6 Å². The molecule has 0 aromatic heterocycles. The maximum absolute atomic E-state index is 12.8. The molecule has 1 N–H and O–H groups in total. The molecule has 126 valence electrons. The number of nitrogens with zero attached hydrogens (tertiary/aromatic N) is 2. The molecular formula is C20H19N3O2. The molecule has 5 nitrogen and oxygen atoms in total. The van der Waals surface area contributed by atoms with Crippen molar-refractivity contribution in [3.8, 4) is 6.07 Å². The molecule has 1 aliphatic heterocycles. The van der Waals surface area contributed by atoms with E-state index in [1.54, 1.807) is 36.1 Å². The maximum Gasteiger partial charge on any atom is 0.251 e. The van der Waals surface area contributed by atoms with Crippen LogP contribution in [0, 0.1) is 11.3 Å². The smallest absolute Gasteiger partial charge is 0.251 e. The van der Waals surface area contributed by atoms with Crippen LogP contribution in [0.1, 0.15) is 34.8 Å². The van der Waals surface area contributed by atoms with Gasteiger partial charge in [0.1, 0.15) is 6.04 Å². The van der Waals surface area contributed by atoms with Gasteiger partial charge in [0, 0.05) is 17.8 Å². The molecule has 2 aromatic carbocycles. The molecule has 0 radical (unpaired) electrons. The van der Waals surface area contributed by atoms with Crippen molar-refractivity contribution in [2.75, 3.05) is 11.4 Å². The second-order valence-electron chi connectivity index (χ2n) is 6.11. The Morgan fingerprint density at radius 1 is 1.16 bits per heavy atom. The summed E-state index contributed by atoms with van der Waals surface area (Å²) in [6.45, 7) is 2.36. The normalized spacial score (nSPS) is 14.2. The number of carbonyl (C=O) groups is 2. The molecule has 0 aliphatic carbocycles. The van der Waals surface area contributed by atoms with E-state index in [-0.39, 0.29) is 11.8 Å². The number of aryl methyl sites for hydroxylation is 1. The van der Waals surface area contributed by atoms with E-state index in [1.807, 2.05) is 30.3 Å². The summed E-state index contributed by atoms with van der Waals surface area (Å²) in [6.07, 6.45) is 1.88. The summed E-state index contributed by atoms with van der Waals surface area (Å²) < 4.78 is 0. The van der Waals surface area contributed by atoms with E-state index in [0.717, 1.165) is 24.1 Å². The predicted molar refractivity (Wildman–Crippen MR) is 95.2 cm³/mol. The number of hydrogen-bond acceptors (Lipinski definition) is 3. The molecule has 0 spiro atoms. The quantitative estimate of drug-likeness (QED) is 0.938. The minimum absolute atomic E-state index is 0.117. The maximum atomic E-state index is 12.8. The minimum Gasteiger partial charge on any atom is -0.341 e. The molecule has 2 aromatic rings. The highest BCUT2D eigenvalue weighted by Gasteiger charge is 2.27. The van der Waals surface area contributed by atoms with Crippen molar-refractivity contribution in [3.63, 3.8) is 0 Å². The van der Waals surface area contributed by atoms with Crippen molar-refractivity contribution in [2.24, 2.45) is 0 Å². The van der Waals surface area contributed by atoms with Crippen LogP contribution in [0.2, 0.25) is 0 Å². The molecule has 5 heteroatoms. The summed E-state index contributed by atoms with van der Waals surface area (Å²) >= 11 is 0. The van der Waals surface area contributed by atoms with Gasteiger partial charge in [0.25, 0.3) is 5.91 Å². The number of para-hydroxylation sites is 1. The lowest BCUT2D eigenvalue weighted by atomic mass is 10.0. The Morgan fingerprint density at radius 2 is 1.88 bits per heavy atom. The van der Waals surface area contributed by atoms with Crippen molar-refractivity contribution >= 4 is 17.5 Å². The van der Waals surface area contributed by atoms with E-state index in [2.05, 4.69) is 5.32 Å². The predicted octanol–water partition coefficient (Wildman–Crippen LogP) is 2.66. The Morgan fingerprint density at radius 3 is 2.60 bits per heavy atom. The number of fused-ring (bicyclic) bond motifs is 1. The van der Waals surface area contributed by atoms with Gasteiger partial charge < -0.3 is 10.2 Å². The third-order valence-electron chi connectivity index (χ3n) is 4.37. The Bertz CT molecular complexity index is 837. The molecule has 0 fully saturated rings. The van der Waals surface area contributed by atoms with Crippen LogP contribution in [0.5, 0.6) is 0 Å². The van der Waals surface area contributed by atoms with Crippen LogP contribution in [0.4, 0.5) is 5.69 Å². The number of rotatable bonds is 3. The van der Waals surface area contributed by atoms with Crippen molar-refractivity contribution < 1.29 is 9.59 Å². The first-order chi connectivity index (χ1) is 12.1. The molecule has 1 atom stereocenters. The van der Waals surface area contributed by atoms with E-state index in [9.17, 15) is 9.59 Å². The first-order valence-electron chi connectivity index (χ1n) is 8.30. The molecule has 0 saturated carbocycles. The standard InChI is InChI=1S/C20H19N3O2/c1-14(22-19(24)17-10-8-15(13-21)9-11-17)20(25)23-12-4-6-16-5-2-3-7-18(16)23/h2-3,5,7-11,14H,4,6,12H2,1H3,(H,22,24)/t14-/m1/s1. The van der Waals surface area contributed by atoms with Gasteiger partial charge in [0.2, 0.25) is 5.91 Å². The molecule has 2 amide bonds. The highest BCUT2D eigenvalue weighted by Crippen LogP contribution is 2.27. The lowest BCUT2D eigenvalue weighted by molar-refractivity contribution is -0.120. The number of benzene rings is 2. The zero-order valence-electron chi connectivity index (χ0n) is 14.0. The second kappa shape index (κ2) is 7.18. The lowest BCUT2D eigenvalue weighted by Gasteiger charge is -2.31. The minimum atomic E-state index is -0.630. The van der Waals surface area contributed by atoms with Crippen LogP contribution in [-0.4, -0.2) is 24.4 Å². The van der Waals surface area contributed by atoms with Gasteiger partial charge in [-0.3, -0.25) is 9.59 Å². The molecule has 3 rings (SSSR count). The van der Waals surface area contributed by atoms with Gasteiger partial charge in [-0.2, -0.15) is 5.26 Å². The highest BCUT2D eigenvalue weighted by atomic mass is 16.2. The summed E-state index contributed by atoms with van der Waals surface area (Å²) in [4.78, 5) is 26.9. The number of anilines is 1. The van der Waals surface area contributed by atoms with E-state index < -0.39 is 6.04 Å². The Balaban J connectivity index is 1.71. The highest BCUT2D eigenvalue weighted by molar-refractivity contribution is 6.02. The van der Waals surface area contributed by atoms with Crippen LogP contribution in [-0.2, 0) is 11.2 Å². The summed E-state index contributed by atoms with van der Waals surface area (Å²) in [6, 6.07) is 15.6. The fraction of sp³-hybridized carbons (Fsp3) is 0.250. The second-order valence-corrected chi connectivity index (χ2v) is 6.11. The molecule has 1 heterocycles. The molecule has 0 bridgehead atoms. The zero-order chi connectivity index (χ0) is 17.8. The third-order valence-corrected chi connectivity index (χ3v) is 4.37. The molecule has 25 heavy (non-hydrogen) atoms.